The number of ether oxygens (including phenoxy) is 1. The summed E-state index contributed by atoms with van der Waals surface area (Å²) in [6, 6.07) is 0. The van der Waals surface area contributed by atoms with Crippen LogP contribution in [0, 0.1) is 22.7 Å². The van der Waals surface area contributed by atoms with Crippen LogP contribution in [0.15, 0.2) is 36.1 Å². The zero-order valence-corrected chi connectivity index (χ0v) is 23.1. The molecule has 0 aliphatic heterocycles. The molecule has 212 valence electrons. The maximum atomic E-state index is 12.4. The first kappa shape index (κ1) is 34.9. The molecule has 2 aliphatic rings. The van der Waals surface area contributed by atoms with E-state index in [1.807, 2.05) is 6.92 Å². The fourth-order valence-electron chi connectivity index (χ4n) is 4.27. The van der Waals surface area contributed by atoms with Crippen LogP contribution in [0.4, 0.5) is 13.2 Å². The molecule has 0 amide bonds. The normalized spacial score (nSPS) is 27.7. The van der Waals surface area contributed by atoms with Crippen molar-refractivity contribution in [3.05, 3.63) is 36.1 Å². The summed E-state index contributed by atoms with van der Waals surface area (Å²) in [5, 5.41) is 9.03. The van der Waals surface area contributed by atoms with Gasteiger partial charge in [0.2, 0.25) is 0 Å². The second-order valence-electron chi connectivity index (χ2n) is 9.30. The quantitative estimate of drug-likeness (QED) is 0.189. The van der Waals surface area contributed by atoms with Gasteiger partial charge in [0.15, 0.2) is 11.6 Å². The van der Waals surface area contributed by atoms with E-state index in [9.17, 15) is 36.0 Å². The first-order chi connectivity index (χ1) is 16.5. The topological polar surface area (TPSA) is 124 Å². The molecule has 2 rings (SSSR count). The van der Waals surface area contributed by atoms with E-state index >= 15 is 0 Å². The lowest BCUT2D eigenvalue weighted by atomic mass is 9.63. The fraction of sp³-hybridized carbons (Fsp3) is 0.625. The number of aliphatic hydroxyl groups excluding tert-OH is 1. The molecule has 0 bridgehead atoms. The fourth-order valence-corrected chi connectivity index (χ4v) is 4.86. The molecular formula is C24H35F3O8S2. The number of Topliss-reactive ketones (excluding diaryl/α,β-unsaturated/α-hetero) is 1. The van der Waals surface area contributed by atoms with E-state index in [1.165, 1.54) is 19.1 Å². The lowest BCUT2D eigenvalue weighted by Crippen LogP contribution is -2.42. The van der Waals surface area contributed by atoms with Crippen LogP contribution >= 0.6 is 13.5 Å². The zero-order valence-electron chi connectivity index (χ0n) is 21.3. The van der Waals surface area contributed by atoms with Gasteiger partial charge in [-0.15, -0.1) is 0 Å². The largest absolute Gasteiger partial charge is 0.534 e. The smallest absolute Gasteiger partial charge is 0.467 e. The molecule has 8 nitrogen and oxygen atoms in total. The minimum absolute atomic E-state index is 0. The molecule has 4 atom stereocenters. The van der Waals surface area contributed by atoms with Crippen molar-refractivity contribution in [3.8, 4) is 0 Å². The summed E-state index contributed by atoms with van der Waals surface area (Å²) in [7, 11) is -5.73. The second kappa shape index (κ2) is 13.6. The molecule has 0 spiro atoms. The third kappa shape index (κ3) is 7.70. The monoisotopic (exact) mass is 572 g/mol. The summed E-state index contributed by atoms with van der Waals surface area (Å²) < 4.78 is 68.1. The Kier molecular flexibility index (Phi) is 12.8. The molecular weight excluding hydrogens is 537 g/mol. The summed E-state index contributed by atoms with van der Waals surface area (Å²) in [4.78, 5) is 33.8. The number of allylic oxidation sites excluding steroid dienone is 4. The van der Waals surface area contributed by atoms with Gasteiger partial charge < -0.3 is 14.0 Å². The van der Waals surface area contributed by atoms with Crippen molar-refractivity contribution in [2.75, 3.05) is 13.2 Å². The first-order valence-corrected chi connectivity index (χ1v) is 12.7. The van der Waals surface area contributed by atoms with E-state index in [-0.39, 0.29) is 55.7 Å². The number of carbonyl (C=O) groups is 3. The van der Waals surface area contributed by atoms with Gasteiger partial charge >= 0.3 is 15.6 Å². The van der Waals surface area contributed by atoms with Crippen LogP contribution in [0.5, 0.6) is 0 Å². The van der Waals surface area contributed by atoms with Crippen molar-refractivity contribution in [1.29, 1.82) is 0 Å². The van der Waals surface area contributed by atoms with Crippen LogP contribution in [-0.4, -0.2) is 50.3 Å². The summed E-state index contributed by atoms with van der Waals surface area (Å²) >= 11 is 0. The molecule has 0 aromatic rings. The van der Waals surface area contributed by atoms with E-state index in [1.54, 1.807) is 19.9 Å². The maximum absolute atomic E-state index is 12.4. The van der Waals surface area contributed by atoms with Crippen LogP contribution in [-0.2, 0) is 33.4 Å². The number of carbonyl (C=O) groups excluding carboxylic acids is 3. The Morgan fingerprint density at radius 1 is 1.16 bits per heavy atom. The summed E-state index contributed by atoms with van der Waals surface area (Å²) in [5.74, 6) is -0.977. The van der Waals surface area contributed by atoms with Crippen LogP contribution in [0.3, 0.4) is 0 Å². The van der Waals surface area contributed by atoms with E-state index in [4.69, 9.17) is 5.11 Å². The minimum Gasteiger partial charge on any atom is -0.467 e. The molecule has 2 aliphatic carbocycles. The van der Waals surface area contributed by atoms with Gasteiger partial charge in [-0.2, -0.15) is 35.1 Å². The Morgan fingerprint density at radius 2 is 1.70 bits per heavy atom. The molecule has 0 fully saturated rings. The highest BCUT2D eigenvalue weighted by molar-refractivity contribution is 7.87. The highest BCUT2D eigenvalue weighted by atomic mass is 32.2. The van der Waals surface area contributed by atoms with E-state index in [2.05, 4.69) is 15.5 Å². The Morgan fingerprint density at radius 3 is 2.19 bits per heavy atom. The summed E-state index contributed by atoms with van der Waals surface area (Å²) in [6.45, 7) is 9.73. The molecule has 0 unspecified atom stereocenters. The van der Waals surface area contributed by atoms with Crippen LogP contribution in [0.25, 0.3) is 0 Å². The highest BCUT2D eigenvalue weighted by Crippen LogP contribution is 2.45. The average molecular weight is 573 g/mol. The Hall–Kier alpha value is -2.12. The van der Waals surface area contributed by atoms with Gasteiger partial charge in [-0.05, 0) is 63.5 Å². The van der Waals surface area contributed by atoms with Gasteiger partial charge in [-0.3, -0.25) is 14.4 Å². The van der Waals surface area contributed by atoms with Crippen molar-refractivity contribution in [2.45, 2.75) is 58.9 Å². The lowest BCUT2D eigenvalue weighted by Gasteiger charge is -2.38. The molecule has 0 heterocycles. The van der Waals surface area contributed by atoms with Crippen LogP contribution in [0.2, 0.25) is 0 Å². The standard InChI is InChI=1S/C13H18O3.C11H15F3O5S.H2S/c1-4-11(15)10-7-5-6-9(2)13(10,3)12(16)8-14;1-8-4-3-5-9(10(8,2)6-18-7-15)19-20(16,17)11(12,13)14;/h4,7,9,14H,1,5-6,8H2,2-3H3;5,7-8H,3-4,6H2,1-2H3;1H2/t9-,13-;8-,10-;/m11./s1. The van der Waals surface area contributed by atoms with Gasteiger partial charge in [0.1, 0.15) is 19.0 Å². The van der Waals surface area contributed by atoms with Crippen molar-refractivity contribution in [1.82, 2.24) is 0 Å². The zero-order chi connectivity index (χ0) is 27.9. The Labute approximate surface area is 222 Å². The van der Waals surface area contributed by atoms with Gasteiger partial charge in [0.05, 0.1) is 10.8 Å². The predicted octanol–water partition coefficient (Wildman–Crippen LogP) is 4.12. The number of halogens is 3. The third-order valence-electron chi connectivity index (χ3n) is 7.18. The molecule has 37 heavy (non-hydrogen) atoms. The number of aliphatic hydroxyl groups is 1. The molecule has 13 heteroatoms. The van der Waals surface area contributed by atoms with Crippen molar-refractivity contribution in [2.24, 2.45) is 22.7 Å². The predicted molar refractivity (Wildman–Crippen MR) is 135 cm³/mol. The lowest BCUT2D eigenvalue weighted by molar-refractivity contribution is -0.133. The van der Waals surface area contributed by atoms with Crippen LogP contribution < -0.4 is 0 Å². The minimum atomic E-state index is -5.73. The van der Waals surface area contributed by atoms with Crippen LogP contribution in [0.1, 0.15) is 53.4 Å². The number of ketones is 2. The SMILES string of the molecule is C=CC(=O)C1=CCC[C@@H](C)[C@@]1(C)C(=O)CO.C[C@@H]1CCC=C(OS(=O)(=O)C(F)(F)F)[C@]1(C)COC=O.S. The second-order valence-corrected chi connectivity index (χ2v) is 10.8. The molecule has 0 radical (unpaired) electrons. The van der Waals surface area contributed by atoms with Crippen molar-refractivity contribution in [3.63, 3.8) is 0 Å². The summed E-state index contributed by atoms with van der Waals surface area (Å²) in [6.07, 6.45) is 6.99. The Bertz CT molecular complexity index is 1020. The van der Waals surface area contributed by atoms with Gasteiger partial charge in [0.25, 0.3) is 6.47 Å². The van der Waals surface area contributed by atoms with E-state index in [0.717, 1.165) is 12.8 Å². The van der Waals surface area contributed by atoms with Crippen molar-refractivity contribution < 1.29 is 50.0 Å². The number of hydrogen-bond acceptors (Lipinski definition) is 8. The van der Waals surface area contributed by atoms with Gasteiger partial charge in [0, 0.05) is 5.57 Å². The van der Waals surface area contributed by atoms with Gasteiger partial charge in [-0.25, -0.2) is 0 Å². The third-order valence-corrected chi connectivity index (χ3v) is 8.15. The van der Waals surface area contributed by atoms with E-state index in [0.29, 0.717) is 18.4 Å². The molecule has 0 aromatic heterocycles. The number of rotatable bonds is 9. The number of hydrogen-bond donors (Lipinski definition) is 1. The molecule has 0 saturated heterocycles. The van der Waals surface area contributed by atoms with Gasteiger partial charge in [-0.1, -0.05) is 26.5 Å². The Balaban J connectivity index is 0.000000698. The number of alkyl halides is 3. The van der Waals surface area contributed by atoms with E-state index < -0.39 is 33.1 Å². The molecule has 0 aromatic carbocycles. The first-order valence-electron chi connectivity index (χ1n) is 11.3. The molecule has 1 N–H and O–H groups in total. The highest BCUT2D eigenvalue weighted by Gasteiger charge is 2.52. The van der Waals surface area contributed by atoms with Crippen molar-refractivity contribution >= 4 is 41.7 Å². The maximum Gasteiger partial charge on any atom is 0.534 e. The summed E-state index contributed by atoms with van der Waals surface area (Å²) in [5.41, 5.74) is -6.99. The molecule has 0 saturated carbocycles. The average Bonchev–Trinajstić information content (AvgIpc) is 2.81.